The van der Waals surface area contributed by atoms with E-state index in [0.717, 1.165) is 0 Å². The van der Waals surface area contributed by atoms with E-state index in [0.29, 0.717) is 0 Å². The summed E-state index contributed by atoms with van der Waals surface area (Å²) in [5, 5.41) is 0. The van der Waals surface area contributed by atoms with Crippen LogP contribution in [0.1, 0.15) is 0 Å². The molecule has 1 N–H and O–H groups in total. The van der Waals surface area contributed by atoms with Crippen molar-refractivity contribution in [2.45, 2.75) is 0 Å². The van der Waals surface area contributed by atoms with Crippen molar-refractivity contribution in [3.63, 3.8) is 0 Å². The lowest BCUT2D eigenvalue weighted by Gasteiger charge is -1.65. The first-order valence-electron chi connectivity index (χ1n) is 0.670. The van der Waals surface area contributed by atoms with Crippen molar-refractivity contribution in [1.29, 1.82) is 0 Å². The molecule has 0 bridgehead atoms. The van der Waals surface area contributed by atoms with Crippen LogP contribution in [-0.2, 0) is 9.33 Å². The van der Waals surface area contributed by atoms with E-state index in [9.17, 15) is 0 Å². The van der Waals surface area contributed by atoms with Crippen molar-refractivity contribution < 1.29 is 17.7 Å². The van der Waals surface area contributed by atoms with E-state index in [1.807, 2.05) is 0 Å². The van der Waals surface area contributed by atoms with Crippen LogP contribution in [0, 0.1) is 0 Å². The lowest BCUT2D eigenvalue weighted by atomic mass is 15.9. The second kappa shape index (κ2) is 2.33. The van der Waals surface area contributed by atoms with Gasteiger partial charge < -0.3 is 0 Å². The van der Waals surface area contributed by atoms with Crippen LogP contribution in [0.4, 0.5) is 4.70 Å². The molecule has 0 aliphatic heterocycles. The number of rotatable bonds is 0. The van der Waals surface area contributed by atoms with Crippen molar-refractivity contribution in [2.24, 2.45) is 0 Å². The highest BCUT2D eigenvalue weighted by Crippen LogP contribution is 1.82. The topological polar surface area (TPSA) is 54.4 Å². The largest absolute Gasteiger partial charge is 0.353 e. The highest BCUT2D eigenvalue weighted by molar-refractivity contribution is 8.09. The van der Waals surface area contributed by atoms with Gasteiger partial charge >= 0.3 is 9.33 Å². The normalized spacial score (nSPS) is 9.67. The van der Waals surface area contributed by atoms with Gasteiger partial charge in [-0.25, -0.2) is 0 Å². The average Bonchev–Trinajstić information content (AvgIpc) is 0.722. The van der Waals surface area contributed by atoms with E-state index < -0.39 is 9.33 Å². The summed E-state index contributed by atoms with van der Waals surface area (Å²) in [5.74, 6) is 0. The summed E-state index contributed by atoms with van der Waals surface area (Å²) in [4.78, 5) is 0. The average molecular weight is 137 g/mol. The molecule has 40 valence electrons. The van der Waals surface area contributed by atoms with Crippen molar-refractivity contribution in [2.75, 3.05) is 0 Å². The zero-order valence-corrected chi connectivity index (χ0v) is 4.03. The fraction of sp³-hybridized carbons (Fsp3) is 0. The number of hydrogen-bond acceptors (Lipinski definition) is 2. The van der Waals surface area contributed by atoms with Crippen molar-refractivity contribution >= 4 is 20.0 Å². The van der Waals surface area contributed by atoms with Crippen LogP contribution in [0.2, 0.25) is 0 Å². The quantitative estimate of drug-likeness (QED) is 0.382. The molecule has 0 heterocycles. The Labute approximate surface area is 38.5 Å². The third-order valence-corrected chi connectivity index (χ3v) is 0. The molecule has 0 saturated heterocycles. The first-order valence-corrected chi connectivity index (χ1v) is 2.94. The van der Waals surface area contributed by atoms with Gasteiger partial charge in [0.05, 0.1) is 0 Å². The van der Waals surface area contributed by atoms with Gasteiger partial charge in [0.1, 0.15) is 0 Å². The molecule has 0 fully saturated rings. The minimum atomic E-state index is -4.19. The van der Waals surface area contributed by atoms with Crippen LogP contribution in [0.15, 0.2) is 0 Å². The fourth-order valence-electron chi connectivity index (χ4n) is 0. The Morgan fingerprint density at radius 3 is 1.50 bits per heavy atom. The second-order valence-electron chi connectivity index (χ2n) is 0.412. The Kier molecular flexibility index (Phi) is 3.67. The Morgan fingerprint density at radius 1 is 1.50 bits per heavy atom. The van der Waals surface area contributed by atoms with Crippen molar-refractivity contribution in [1.82, 2.24) is 0 Å². The van der Waals surface area contributed by atoms with Gasteiger partial charge in [-0.05, 0) is 0 Å². The van der Waals surface area contributed by atoms with Crippen LogP contribution in [0.3, 0.4) is 0 Å². The van der Waals surface area contributed by atoms with E-state index in [2.05, 4.69) is 10.7 Å². The Hall–Kier alpha value is 0.130. The maximum absolute atomic E-state index is 8.95. The monoisotopic (exact) mass is 136 g/mol. The molecule has 6 heteroatoms. The molecular formula is H2ClFO3S. The molecule has 0 aliphatic carbocycles. The van der Waals surface area contributed by atoms with Gasteiger partial charge in [-0.15, -0.1) is 0 Å². The molecule has 0 aromatic carbocycles. The number of hydrogen-bond donors (Lipinski definition) is 1. The molecule has 0 saturated carbocycles. The molecule has 0 amide bonds. The van der Waals surface area contributed by atoms with Gasteiger partial charge in [0.25, 0.3) is 0 Å². The third-order valence-electron chi connectivity index (χ3n) is 0. The van der Waals surface area contributed by atoms with Crippen LogP contribution in [-0.4, -0.2) is 13.0 Å². The van der Waals surface area contributed by atoms with Gasteiger partial charge in [0.15, 0.2) is 0 Å². The summed E-state index contributed by atoms with van der Waals surface area (Å²) in [5.41, 5.74) is 0. The van der Waals surface area contributed by atoms with E-state index in [-0.39, 0.29) is 4.70 Å². The van der Waals surface area contributed by atoms with Crippen LogP contribution < -0.4 is 0 Å². The van der Waals surface area contributed by atoms with E-state index in [4.69, 9.17) is 13.0 Å². The molecule has 0 aromatic rings. The molecule has 0 atom stereocenters. The molecule has 6 heavy (non-hydrogen) atoms. The van der Waals surface area contributed by atoms with Crippen molar-refractivity contribution in [3.8, 4) is 0 Å². The van der Waals surface area contributed by atoms with Crippen molar-refractivity contribution in [3.05, 3.63) is 0 Å². The zero-order valence-electron chi connectivity index (χ0n) is 2.46. The first-order chi connectivity index (χ1) is 2.00. The molecule has 0 aliphatic rings. The molecule has 0 rings (SSSR count). The molecule has 3 nitrogen and oxygen atoms in total. The van der Waals surface area contributed by atoms with Crippen LogP contribution >= 0.6 is 10.7 Å². The first kappa shape index (κ1) is 9.46. The Morgan fingerprint density at radius 2 is 1.50 bits per heavy atom. The standard InChI is InChI=1S/ClHO3S.FH/c1-5(2,3)4;/h(H,2,3,4);1H. The SMILES string of the molecule is F.O=S(=O)(O)Cl. The van der Waals surface area contributed by atoms with Gasteiger partial charge in [-0.3, -0.25) is 9.26 Å². The fourth-order valence-corrected chi connectivity index (χ4v) is 0. The summed E-state index contributed by atoms with van der Waals surface area (Å²) in [6, 6.07) is 0. The molecule has 0 radical (unpaired) electrons. The summed E-state index contributed by atoms with van der Waals surface area (Å²) >= 11 is 0. The predicted octanol–water partition coefficient (Wildman–Crippen LogP) is 0.181. The minimum Gasteiger partial charge on any atom is -0.273 e. The van der Waals surface area contributed by atoms with Crippen LogP contribution in [0.25, 0.3) is 0 Å². The summed E-state index contributed by atoms with van der Waals surface area (Å²) in [6.07, 6.45) is 0. The highest BCUT2D eigenvalue weighted by Gasteiger charge is 1.86. The number of halogens is 2. The Bertz CT molecular complexity index is 94.0. The van der Waals surface area contributed by atoms with E-state index >= 15 is 0 Å². The summed E-state index contributed by atoms with van der Waals surface area (Å²) in [7, 11) is -0.137. The Balaban J connectivity index is 0. The van der Waals surface area contributed by atoms with E-state index in [1.54, 1.807) is 0 Å². The molecule has 0 unspecified atom stereocenters. The molecule has 0 spiro atoms. The summed E-state index contributed by atoms with van der Waals surface area (Å²) < 4.78 is 25.2. The lowest BCUT2D eigenvalue weighted by molar-refractivity contribution is 0.501. The van der Waals surface area contributed by atoms with Crippen LogP contribution in [0.5, 0.6) is 0 Å². The minimum absolute atomic E-state index is 0. The van der Waals surface area contributed by atoms with Gasteiger partial charge in [-0.1, -0.05) is 0 Å². The maximum Gasteiger partial charge on any atom is 0.353 e. The molecular weight excluding hydrogens is 135 g/mol. The zero-order chi connectivity index (χ0) is 4.50. The second-order valence-corrected chi connectivity index (χ2v) is 2.41. The van der Waals surface area contributed by atoms with Gasteiger partial charge in [-0.2, -0.15) is 8.42 Å². The lowest BCUT2D eigenvalue weighted by Crippen LogP contribution is -1.77. The smallest absolute Gasteiger partial charge is 0.273 e. The van der Waals surface area contributed by atoms with Gasteiger partial charge in [0.2, 0.25) is 0 Å². The highest BCUT2D eigenvalue weighted by atomic mass is 35.7. The molecule has 0 aromatic heterocycles. The maximum atomic E-state index is 8.95. The van der Waals surface area contributed by atoms with E-state index in [1.165, 1.54) is 0 Å². The summed E-state index contributed by atoms with van der Waals surface area (Å²) in [6.45, 7) is 0. The third kappa shape index (κ3) is 2390. The van der Waals surface area contributed by atoms with Gasteiger partial charge in [0, 0.05) is 10.7 Å². The predicted molar refractivity (Wildman–Crippen MR) is 19.9 cm³/mol.